The summed E-state index contributed by atoms with van der Waals surface area (Å²) in [5, 5.41) is 3.22. The van der Waals surface area contributed by atoms with Crippen LogP contribution < -0.4 is 5.32 Å². The molecule has 0 amide bonds. The molecule has 3 heteroatoms. The van der Waals surface area contributed by atoms with Gasteiger partial charge in [-0.3, -0.25) is 4.39 Å². The number of alkyl halides is 1. The van der Waals surface area contributed by atoms with Gasteiger partial charge in [0.05, 0.1) is 6.67 Å². The summed E-state index contributed by atoms with van der Waals surface area (Å²) in [4.78, 5) is 2.14. The summed E-state index contributed by atoms with van der Waals surface area (Å²) in [6.45, 7) is 5.76. The van der Waals surface area contributed by atoms with Gasteiger partial charge in [-0.2, -0.15) is 0 Å². The molecule has 0 heterocycles. The summed E-state index contributed by atoms with van der Waals surface area (Å²) < 4.78 is 11.7. The van der Waals surface area contributed by atoms with Crippen LogP contribution in [0.4, 0.5) is 4.39 Å². The third-order valence-corrected chi connectivity index (χ3v) is 1.59. The van der Waals surface area contributed by atoms with Crippen LogP contribution in [-0.2, 0) is 0 Å². The highest BCUT2D eigenvalue weighted by atomic mass is 19.1. The van der Waals surface area contributed by atoms with E-state index in [1.165, 1.54) is 0 Å². The van der Waals surface area contributed by atoms with Gasteiger partial charge in [0.25, 0.3) is 0 Å². The van der Waals surface area contributed by atoms with Crippen LogP contribution in [0.1, 0.15) is 13.3 Å². The molecule has 0 saturated carbocycles. The van der Waals surface area contributed by atoms with Crippen LogP contribution >= 0.6 is 0 Å². The second-order valence-corrected chi connectivity index (χ2v) is 2.70. The maximum Gasteiger partial charge on any atom is 0.0906 e. The zero-order chi connectivity index (χ0) is 8.53. The van der Waals surface area contributed by atoms with E-state index in [9.17, 15) is 4.39 Å². The lowest BCUT2D eigenvalue weighted by Gasteiger charge is -2.15. The highest BCUT2D eigenvalue weighted by Gasteiger charge is 1.95. The Balaban J connectivity index is 3.02. The zero-order valence-electron chi connectivity index (χ0n) is 7.57. The largest absolute Gasteiger partial charge is 0.316 e. The molecular weight excluding hydrogens is 143 g/mol. The van der Waals surface area contributed by atoms with Gasteiger partial charge in [-0.25, -0.2) is 0 Å². The van der Waals surface area contributed by atoms with Gasteiger partial charge in [-0.1, -0.05) is 6.92 Å². The molecule has 0 aromatic heterocycles. The molecule has 0 aromatic carbocycles. The number of nitrogens with zero attached hydrogens (tertiary/aromatic N) is 1. The van der Waals surface area contributed by atoms with Gasteiger partial charge in [0.1, 0.15) is 0 Å². The van der Waals surface area contributed by atoms with Crippen molar-refractivity contribution < 1.29 is 4.39 Å². The Hall–Kier alpha value is -0.150. The van der Waals surface area contributed by atoms with Crippen molar-refractivity contribution in [2.45, 2.75) is 13.3 Å². The minimum Gasteiger partial charge on any atom is -0.316 e. The van der Waals surface area contributed by atoms with E-state index >= 15 is 0 Å². The van der Waals surface area contributed by atoms with Crippen molar-refractivity contribution in [3.8, 4) is 0 Å². The van der Waals surface area contributed by atoms with Crippen molar-refractivity contribution >= 4 is 0 Å². The Labute approximate surface area is 68.8 Å². The van der Waals surface area contributed by atoms with E-state index in [-0.39, 0.29) is 6.67 Å². The van der Waals surface area contributed by atoms with Gasteiger partial charge in [-0.05, 0) is 20.0 Å². The molecule has 0 aliphatic heterocycles. The Morgan fingerprint density at radius 1 is 1.36 bits per heavy atom. The first-order valence-corrected chi connectivity index (χ1v) is 4.26. The van der Waals surface area contributed by atoms with E-state index in [0.29, 0.717) is 6.42 Å². The molecule has 0 rings (SSSR count). The molecule has 0 saturated heterocycles. The number of rotatable bonds is 7. The summed E-state index contributed by atoms with van der Waals surface area (Å²) in [5.41, 5.74) is 0. The topological polar surface area (TPSA) is 15.3 Å². The number of hydrogen-bond acceptors (Lipinski definition) is 2. The van der Waals surface area contributed by atoms with Crippen LogP contribution in [0.25, 0.3) is 0 Å². The second-order valence-electron chi connectivity index (χ2n) is 2.70. The molecule has 0 atom stereocenters. The fourth-order valence-electron chi connectivity index (χ4n) is 0.888. The van der Waals surface area contributed by atoms with E-state index in [0.717, 1.165) is 26.2 Å². The maximum atomic E-state index is 11.7. The Morgan fingerprint density at radius 3 is 2.64 bits per heavy atom. The molecule has 0 bridgehead atoms. The highest BCUT2D eigenvalue weighted by Crippen LogP contribution is 1.86. The average molecular weight is 162 g/mol. The van der Waals surface area contributed by atoms with Gasteiger partial charge < -0.3 is 10.2 Å². The van der Waals surface area contributed by atoms with Crippen LogP contribution in [0, 0.1) is 0 Å². The molecule has 0 radical (unpaired) electrons. The number of hydrogen-bond donors (Lipinski definition) is 1. The third-order valence-electron chi connectivity index (χ3n) is 1.59. The lowest BCUT2D eigenvalue weighted by atomic mass is 10.4. The van der Waals surface area contributed by atoms with Crippen molar-refractivity contribution in [1.29, 1.82) is 0 Å². The van der Waals surface area contributed by atoms with E-state index in [1.54, 1.807) is 0 Å². The molecule has 1 N–H and O–H groups in total. The quantitative estimate of drug-likeness (QED) is 0.559. The van der Waals surface area contributed by atoms with Crippen molar-refractivity contribution in [3.63, 3.8) is 0 Å². The Kier molecular flexibility index (Phi) is 7.84. The van der Waals surface area contributed by atoms with Crippen LogP contribution in [0.5, 0.6) is 0 Å². The minimum absolute atomic E-state index is 0.203. The molecule has 0 aliphatic rings. The van der Waals surface area contributed by atoms with Crippen LogP contribution in [0.2, 0.25) is 0 Å². The average Bonchev–Trinajstić information content (AvgIpc) is 2.01. The maximum absolute atomic E-state index is 11.7. The van der Waals surface area contributed by atoms with E-state index in [1.807, 2.05) is 7.05 Å². The van der Waals surface area contributed by atoms with E-state index < -0.39 is 0 Å². The van der Waals surface area contributed by atoms with Crippen molar-refractivity contribution in [2.75, 3.05) is 39.9 Å². The fourth-order valence-corrected chi connectivity index (χ4v) is 0.888. The third kappa shape index (κ3) is 7.75. The van der Waals surface area contributed by atoms with Crippen LogP contribution in [-0.4, -0.2) is 44.8 Å². The van der Waals surface area contributed by atoms with E-state index in [4.69, 9.17) is 0 Å². The van der Waals surface area contributed by atoms with Gasteiger partial charge >= 0.3 is 0 Å². The lowest BCUT2D eigenvalue weighted by molar-refractivity contribution is 0.309. The normalized spacial score (nSPS) is 10.9. The fraction of sp³-hybridized carbons (Fsp3) is 1.00. The van der Waals surface area contributed by atoms with Crippen molar-refractivity contribution in [1.82, 2.24) is 10.2 Å². The molecular formula is C8H19FN2. The molecule has 2 nitrogen and oxygen atoms in total. The van der Waals surface area contributed by atoms with E-state index in [2.05, 4.69) is 17.1 Å². The Bertz CT molecular complexity index is 78.5. The first kappa shape index (κ1) is 10.8. The van der Waals surface area contributed by atoms with Gasteiger partial charge in [0.15, 0.2) is 0 Å². The van der Waals surface area contributed by atoms with Gasteiger partial charge in [0, 0.05) is 19.6 Å². The first-order valence-electron chi connectivity index (χ1n) is 4.26. The smallest absolute Gasteiger partial charge is 0.0906 e. The molecule has 0 aromatic rings. The summed E-state index contributed by atoms with van der Waals surface area (Å²) in [7, 11) is 2.02. The number of nitrogens with one attached hydrogen (secondary N) is 1. The molecule has 68 valence electrons. The Morgan fingerprint density at radius 2 is 2.09 bits per heavy atom. The molecule has 0 fully saturated rings. The molecule has 0 unspecified atom stereocenters. The summed E-state index contributed by atoms with van der Waals surface area (Å²) in [6.07, 6.45) is 0.655. The van der Waals surface area contributed by atoms with Crippen LogP contribution in [0.3, 0.4) is 0 Å². The monoisotopic (exact) mass is 162 g/mol. The predicted molar refractivity (Wildman–Crippen MR) is 46.6 cm³/mol. The van der Waals surface area contributed by atoms with Gasteiger partial charge in [0.2, 0.25) is 0 Å². The molecule has 0 aliphatic carbocycles. The predicted octanol–water partition coefficient (Wildman–Crippen LogP) is 0.887. The summed E-state index contributed by atoms with van der Waals surface area (Å²) >= 11 is 0. The first-order chi connectivity index (χ1) is 5.31. The summed E-state index contributed by atoms with van der Waals surface area (Å²) in [6, 6.07) is 0. The standard InChI is InChI=1S/C8H19FN2/c1-3-10-6-8-11(2)7-4-5-9/h10H,3-8H2,1-2H3. The summed E-state index contributed by atoms with van der Waals surface area (Å²) in [5.74, 6) is 0. The highest BCUT2D eigenvalue weighted by molar-refractivity contribution is 4.53. The minimum atomic E-state index is -0.203. The molecule has 11 heavy (non-hydrogen) atoms. The van der Waals surface area contributed by atoms with Crippen molar-refractivity contribution in [2.24, 2.45) is 0 Å². The lowest BCUT2D eigenvalue weighted by Crippen LogP contribution is -2.29. The number of likely N-dealkylation sites (N-methyl/N-ethyl adjacent to an activating group) is 2. The SMILES string of the molecule is CCNCCN(C)CCCF. The zero-order valence-corrected chi connectivity index (χ0v) is 7.57. The van der Waals surface area contributed by atoms with Crippen molar-refractivity contribution in [3.05, 3.63) is 0 Å². The van der Waals surface area contributed by atoms with Crippen LogP contribution in [0.15, 0.2) is 0 Å². The number of halogens is 1. The second kappa shape index (κ2) is 7.95. The molecule has 0 spiro atoms. The van der Waals surface area contributed by atoms with Gasteiger partial charge in [-0.15, -0.1) is 0 Å².